The summed E-state index contributed by atoms with van der Waals surface area (Å²) >= 11 is 0. The summed E-state index contributed by atoms with van der Waals surface area (Å²) < 4.78 is 6.38. The maximum atomic E-state index is 12.8. The molecule has 0 N–H and O–H groups in total. The van der Waals surface area contributed by atoms with E-state index in [0.717, 1.165) is 18.8 Å². The molecule has 1 fully saturated rings. The van der Waals surface area contributed by atoms with E-state index < -0.39 is 0 Å². The van der Waals surface area contributed by atoms with Gasteiger partial charge in [0, 0.05) is 29.9 Å². The van der Waals surface area contributed by atoms with Gasteiger partial charge < -0.3 is 9.64 Å². The second-order valence-corrected chi connectivity index (χ2v) is 9.46. The highest BCUT2D eigenvalue weighted by Gasteiger charge is 2.32. The van der Waals surface area contributed by atoms with Gasteiger partial charge in [-0.05, 0) is 55.1 Å². The maximum absolute atomic E-state index is 12.8. The van der Waals surface area contributed by atoms with Gasteiger partial charge in [0.2, 0.25) is 0 Å². The Labute approximate surface area is 213 Å². The van der Waals surface area contributed by atoms with Crippen molar-refractivity contribution in [3.63, 3.8) is 0 Å². The van der Waals surface area contributed by atoms with Crippen LogP contribution in [0.3, 0.4) is 0 Å². The highest BCUT2D eigenvalue weighted by atomic mass is 16.5. The highest BCUT2D eigenvalue weighted by Crippen LogP contribution is 2.35. The number of benzene rings is 4. The van der Waals surface area contributed by atoms with Crippen molar-refractivity contribution in [3.8, 4) is 11.1 Å². The van der Waals surface area contributed by atoms with Gasteiger partial charge in [-0.25, -0.2) is 0 Å². The van der Waals surface area contributed by atoms with E-state index in [1.165, 1.54) is 16.7 Å². The standard InChI is InChI=1S/C32H32N2O2/c1-33(2)31(29-16-10-9-15-28(29)24-11-5-3-6-12-24)30-23-34(21-22-36-30)27-19-17-26(18-20-27)32(35)25-13-7-4-8-14-25/h3-20,30-31H,21-23H2,1-2H3. The molecule has 0 spiro atoms. The fourth-order valence-corrected chi connectivity index (χ4v) is 5.13. The van der Waals surface area contributed by atoms with Gasteiger partial charge in [-0.2, -0.15) is 0 Å². The lowest BCUT2D eigenvalue weighted by Gasteiger charge is -2.41. The molecule has 0 aliphatic carbocycles. The van der Waals surface area contributed by atoms with Crippen LogP contribution in [0.15, 0.2) is 109 Å². The number of carbonyl (C=O) groups excluding carboxylic acids is 1. The quantitative estimate of drug-likeness (QED) is 0.302. The Hall–Kier alpha value is -3.73. The van der Waals surface area contributed by atoms with Gasteiger partial charge in [0.15, 0.2) is 5.78 Å². The molecule has 4 heteroatoms. The smallest absolute Gasteiger partial charge is 0.193 e. The topological polar surface area (TPSA) is 32.8 Å². The van der Waals surface area contributed by atoms with Crippen LogP contribution in [0, 0.1) is 0 Å². The molecule has 1 aliphatic heterocycles. The molecular formula is C32H32N2O2. The minimum atomic E-state index is 0.00393. The number of hydrogen-bond acceptors (Lipinski definition) is 4. The second-order valence-electron chi connectivity index (χ2n) is 9.46. The number of ether oxygens (including phenoxy) is 1. The average molecular weight is 477 g/mol. The molecule has 4 nitrogen and oxygen atoms in total. The molecule has 36 heavy (non-hydrogen) atoms. The Bertz CT molecular complexity index is 1290. The van der Waals surface area contributed by atoms with E-state index in [2.05, 4.69) is 90.6 Å². The zero-order chi connectivity index (χ0) is 24.9. The van der Waals surface area contributed by atoms with Crippen molar-refractivity contribution in [2.45, 2.75) is 12.1 Å². The summed E-state index contributed by atoms with van der Waals surface area (Å²) in [6.07, 6.45) is 0.00393. The van der Waals surface area contributed by atoms with Crippen LogP contribution in [0.2, 0.25) is 0 Å². The molecule has 4 aromatic rings. The van der Waals surface area contributed by atoms with Crippen molar-refractivity contribution in [2.24, 2.45) is 0 Å². The van der Waals surface area contributed by atoms with E-state index in [1.807, 2.05) is 42.5 Å². The normalized spacial score (nSPS) is 16.6. The molecule has 1 aliphatic rings. The Kier molecular flexibility index (Phi) is 7.26. The van der Waals surface area contributed by atoms with Crippen molar-refractivity contribution < 1.29 is 9.53 Å². The maximum Gasteiger partial charge on any atom is 0.193 e. The Balaban J connectivity index is 1.38. The number of ketones is 1. The third-order valence-electron chi connectivity index (χ3n) is 6.90. The highest BCUT2D eigenvalue weighted by molar-refractivity contribution is 6.09. The number of anilines is 1. The Morgan fingerprint density at radius 1 is 0.806 bits per heavy atom. The van der Waals surface area contributed by atoms with Crippen LogP contribution in [-0.2, 0) is 4.74 Å². The first-order chi connectivity index (χ1) is 17.6. The van der Waals surface area contributed by atoms with Crippen molar-refractivity contribution in [1.82, 2.24) is 4.90 Å². The Morgan fingerprint density at radius 2 is 1.42 bits per heavy atom. The zero-order valence-corrected chi connectivity index (χ0v) is 20.9. The fourth-order valence-electron chi connectivity index (χ4n) is 5.13. The Morgan fingerprint density at radius 3 is 2.11 bits per heavy atom. The predicted octanol–water partition coefficient (Wildman–Crippen LogP) is 6.09. The first-order valence-electron chi connectivity index (χ1n) is 12.5. The largest absolute Gasteiger partial charge is 0.373 e. The van der Waals surface area contributed by atoms with Gasteiger partial charge in [-0.15, -0.1) is 0 Å². The van der Waals surface area contributed by atoms with Gasteiger partial charge >= 0.3 is 0 Å². The van der Waals surface area contributed by atoms with Gasteiger partial charge in [-0.3, -0.25) is 9.69 Å². The molecule has 5 rings (SSSR count). The summed E-state index contributed by atoms with van der Waals surface area (Å²) in [5.74, 6) is 0.0483. The molecule has 4 aromatic carbocycles. The SMILES string of the molecule is CN(C)C(c1ccccc1-c1ccccc1)C1CN(c2ccc(C(=O)c3ccccc3)cc2)CCO1. The van der Waals surface area contributed by atoms with Crippen molar-refractivity contribution in [3.05, 3.63) is 126 Å². The number of likely N-dealkylation sites (N-methyl/N-ethyl adjacent to an activating group) is 1. The summed E-state index contributed by atoms with van der Waals surface area (Å²) in [4.78, 5) is 17.4. The monoisotopic (exact) mass is 476 g/mol. The molecule has 2 unspecified atom stereocenters. The van der Waals surface area contributed by atoms with Crippen molar-refractivity contribution >= 4 is 11.5 Å². The summed E-state index contributed by atoms with van der Waals surface area (Å²) in [5, 5.41) is 0. The molecule has 0 radical (unpaired) electrons. The van der Waals surface area contributed by atoms with Gasteiger partial charge in [-0.1, -0.05) is 84.9 Å². The van der Waals surface area contributed by atoms with Crippen LogP contribution in [0.4, 0.5) is 5.69 Å². The predicted molar refractivity (Wildman–Crippen MR) is 147 cm³/mol. The minimum Gasteiger partial charge on any atom is -0.373 e. The molecular weight excluding hydrogens is 444 g/mol. The average Bonchev–Trinajstić information content (AvgIpc) is 2.94. The lowest BCUT2D eigenvalue weighted by atomic mass is 9.90. The summed E-state index contributed by atoms with van der Waals surface area (Å²) in [7, 11) is 4.25. The van der Waals surface area contributed by atoms with E-state index in [-0.39, 0.29) is 17.9 Å². The number of carbonyl (C=O) groups is 1. The zero-order valence-electron chi connectivity index (χ0n) is 20.9. The van der Waals surface area contributed by atoms with E-state index in [0.29, 0.717) is 17.7 Å². The molecule has 2 atom stereocenters. The van der Waals surface area contributed by atoms with Crippen LogP contribution in [-0.4, -0.2) is 50.6 Å². The molecule has 0 aromatic heterocycles. The van der Waals surface area contributed by atoms with Gasteiger partial charge in [0.25, 0.3) is 0 Å². The molecule has 182 valence electrons. The van der Waals surface area contributed by atoms with Crippen LogP contribution in [0.1, 0.15) is 27.5 Å². The van der Waals surface area contributed by atoms with E-state index in [4.69, 9.17) is 4.74 Å². The third kappa shape index (κ3) is 5.11. The number of nitrogens with zero attached hydrogens (tertiary/aromatic N) is 2. The summed E-state index contributed by atoms with van der Waals surface area (Å²) in [6.45, 7) is 2.26. The van der Waals surface area contributed by atoms with E-state index in [1.54, 1.807) is 0 Å². The first-order valence-corrected chi connectivity index (χ1v) is 12.5. The fraction of sp³-hybridized carbons (Fsp3) is 0.219. The molecule has 0 saturated carbocycles. The summed E-state index contributed by atoms with van der Waals surface area (Å²) in [6, 6.07) is 36.7. The third-order valence-corrected chi connectivity index (χ3v) is 6.90. The number of hydrogen-bond donors (Lipinski definition) is 0. The van der Waals surface area contributed by atoms with Crippen LogP contribution < -0.4 is 4.90 Å². The van der Waals surface area contributed by atoms with Gasteiger partial charge in [0.1, 0.15) is 0 Å². The molecule has 1 heterocycles. The second kappa shape index (κ2) is 10.9. The van der Waals surface area contributed by atoms with Crippen LogP contribution in [0.25, 0.3) is 11.1 Å². The molecule has 0 amide bonds. The van der Waals surface area contributed by atoms with Crippen molar-refractivity contribution in [2.75, 3.05) is 38.7 Å². The molecule has 1 saturated heterocycles. The van der Waals surface area contributed by atoms with Gasteiger partial charge in [0.05, 0.1) is 18.8 Å². The first kappa shape index (κ1) is 24.0. The number of morpholine rings is 1. The lowest BCUT2D eigenvalue weighted by molar-refractivity contribution is -0.0115. The lowest BCUT2D eigenvalue weighted by Crippen LogP contribution is -2.48. The van der Waals surface area contributed by atoms with E-state index in [9.17, 15) is 4.79 Å². The van der Waals surface area contributed by atoms with E-state index >= 15 is 0 Å². The molecule has 0 bridgehead atoms. The van der Waals surface area contributed by atoms with Crippen LogP contribution >= 0.6 is 0 Å². The van der Waals surface area contributed by atoms with Crippen LogP contribution in [0.5, 0.6) is 0 Å². The number of rotatable bonds is 7. The minimum absolute atomic E-state index is 0.00393. The van der Waals surface area contributed by atoms with Crippen molar-refractivity contribution in [1.29, 1.82) is 0 Å². The summed E-state index contributed by atoms with van der Waals surface area (Å²) in [5.41, 5.74) is 6.25.